The lowest BCUT2D eigenvalue weighted by molar-refractivity contribution is -0.147. The first-order valence-electron chi connectivity index (χ1n) is 9.87. The van der Waals surface area contributed by atoms with Crippen LogP contribution in [0.25, 0.3) is 0 Å². The zero-order valence-electron chi connectivity index (χ0n) is 16.6. The molecule has 2 aromatic rings. The number of carboxylic acid groups (broad SMARTS) is 1. The van der Waals surface area contributed by atoms with E-state index in [1.165, 1.54) is 11.3 Å². The summed E-state index contributed by atoms with van der Waals surface area (Å²) in [6, 6.07) is 7.24. The first kappa shape index (κ1) is 20.4. The third-order valence-electron chi connectivity index (χ3n) is 5.85. The van der Waals surface area contributed by atoms with Gasteiger partial charge in [-0.3, -0.25) is 19.8 Å². The van der Waals surface area contributed by atoms with E-state index in [9.17, 15) is 14.4 Å². The second kappa shape index (κ2) is 8.08. The van der Waals surface area contributed by atoms with Gasteiger partial charge in [-0.15, -0.1) is 11.3 Å². The van der Waals surface area contributed by atoms with Gasteiger partial charge in [-0.05, 0) is 43.9 Å². The molecule has 1 aromatic carbocycles. The number of aryl methyl sites for hydroxylation is 1. The summed E-state index contributed by atoms with van der Waals surface area (Å²) in [6.07, 6.45) is 1.96. The number of nitrogens with zero attached hydrogens (tertiary/aromatic N) is 1. The van der Waals surface area contributed by atoms with Crippen LogP contribution >= 0.6 is 11.3 Å². The highest BCUT2D eigenvalue weighted by atomic mass is 32.1. The molecule has 0 saturated heterocycles. The number of carbonyl (C=O) groups is 3. The van der Waals surface area contributed by atoms with E-state index in [1.807, 2.05) is 31.2 Å². The van der Waals surface area contributed by atoms with Gasteiger partial charge in [0.1, 0.15) is 5.00 Å². The Morgan fingerprint density at radius 1 is 1.17 bits per heavy atom. The maximum Gasteiger partial charge on any atom is 0.324 e. The Kier molecular flexibility index (Phi) is 5.48. The Bertz CT molecular complexity index is 995. The van der Waals surface area contributed by atoms with Crippen LogP contribution in [0, 0.1) is 12.8 Å². The molecule has 9 heteroatoms. The fourth-order valence-electron chi connectivity index (χ4n) is 4.07. The largest absolute Gasteiger partial charge is 0.481 e. The predicted octanol–water partition coefficient (Wildman–Crippen LogP) is 3.02. The van der Waals surface area contributed by atoms with Gasteiger partial charge in [0.2, 0.25) is 0 Å². The van der Waals surface area contributed by atoms with Crippen LogP contribution < -0.4 is 16.4 Å². The van der Waals surface area contributed by atoms with Crippen molar-refractivity contribution in [2.45, 2.75) is 38.8 Å². The summed E-state index contributed by atoms with van der Waals surface area (Å²) in [6.45, 7) is 3.35. The van der Waals surface area contributed by atoms with Crippen molar-refractivity contribution in [2.24, 2.45) is 11.7 Å². The van der Waals surface area contributed by atoms with Crippen molar-refractivity contribution < 1.29 is 19.5 Å². The second-order valence-electron chi connectivity index (χ2n) is 7.90. The van der Waals surface area contributed by atoms with Crippen molar-refractivity contribution in [3.05, 3.63) is 45.8 Å². The fourth-order valence-corrected chi connectivity index (χ4v) is 5.35. The Hall–Kier alpha value is -2.91. The van der Waals surface area contributed by atoms with Gasteiger partial charge in [-0.1, -0.05) is 17.7 Å². The predicted molar refractivity (Wildman–Crippen MR) is 115 cm³/mol. The Morgan fingerprint density at radius 3 is 2.50 bits per heavy atom. The zero-order chi connectivity index (χ0) is 21.4. The molecule has 1 fully saturated rings. The van der Waals surface area contributed by atoms with E-state index >= 15 is 0 Å². The van der Waals surface area contributed by atoms with Crippen LogP contribution in [0.3, 0.4) is 0 Å². The van der Waals surface area contributed by atoms with Gasteiger partial charge in [0, 0.05) is 29.7 Å². The highest BCUT2D eigenvalue weighted by molar-refractivity contribution is 7.17. The van der Waals surface area contributed by atoms with Gasteiger partial charge in [-0.2, -0.15) is 0 Å². The van der Waals surface area contributed by atoms with Crippen molar-refractivity contribution in [3.63, 3.8) is 0 Å². The number of amides is 3. The molecule has 0 bridgehead atoms. The van der Waals surface area contributed by atoms with Crippen LogP contribution in [0.5, 0.6) is 0 Å². The van der Waals surface area contributed by atoms with Gasteiger partial charge >= 0.3 is 12.0 Å². The van der Waals surface area contributed by atoms with E-state index in [0.717, 1.165) is 22.5 Å². The number of anilines is 2. The lowest BCUT2D eigenvalue weighted by atomic mass is 9.78. The minimum Gasteiger partial charge on any atom is -0.481 e. The molecule has 3 amide bonds. The first-order chi connectivity index (χ1) is 14.3. The second-order valence-corrected chi connectivity index (χ2v) is 9.00. The van der Waals surface area contributed by atoms with E-state index in [1.54, 1.807) is 0 Å². The van der Waals surface area contributed by atoms with E-state index in [2.05, 4.69) is 15.5 Å². The van der Waals surface area contributed by atoms with Crippen LogP contribution in [0.15, 0.2) is 24.3 Å². The summed E-state index contributed by atoms with van der Waals surface area (Å²) >= 11 is 1.36. The molecular formula is C21H24N4O4S. The molecule has 0 atom stereocenters. The number of carbonyl (C=O) groups excluding carboxylic acids is 2. The quantitative estimate of drug-likeness (QED) is 0.583. The van der Waals surface area contributed by atoms with Crippen LogP contribution in [0.1, 0.15) is 39.2 Å². The number of nitrogens with one attached hydrogen (secondary N) is 2. The summed E-state index contributed by atoms with van der Waals surface area (Å²) in [5.74, 6) is -1.55. The lowest BCUT2D eigenvalue weighted by Crippen LogP contribution is -2.48. The van der Waals surface area contributed by atoms with Crippen molar-refractivity contribution in [3.8, 4) is 0 Å². The number of thiophene rings is 1. The highest BCUT2D eigenvalue weighted by Gasteiger charge is 2.40. The number of nitrogens with two attached hydrogens (primary N) is 1. The Balaban J connectivity index is 1.47. The van der Waals surface area contributed by atoms with Crippen LogP contribution in [0.4, 0.5) is 15.5 Å². The number of aliphatic carboxylic acids is 1. The van der Waals surface area contributed by atoms with Gasteiger partial charge in [0.25, 0.3) is 5.91 Å². The summed E-state index contributed by atoms with van der Waals surface area (Å²) in [5.41, 5.74) is 8.65. The van der Waals surface area contributed by atoms with Crippen molar-refractivity contribution in [2.75, 3.05) is 17.2 Å². The van der Waals surface area contributed by atoms with Crippen LogP contribution in [-0.2, 0) is 17.8 Å². The van der Waals surface area contributed by atoms with E-state index in [4.69, 9.17) is 10.8 Å². The SMILES string of the molecule is Cc1ccc(NC(=O)Nc2sc3c(c2C(N)=O)CCN(C2CC(C(=O)O)C2)C3)cc1. The molecule has 1 saturated carbocycles. The molecule has 8 nitrogen and oxygen atoms in total. The molecule has 1 aliphatic carbocycles. The standard InChI is InChI=1S/C21H24N4O4S/c1-11-2-4-13(5-3-11)23-21(29)24-19-17(18(22)26)15-6-7-25(10-16(15)30-19)14-8-12(9-14)20(27)28/h2-5,12,14H,6-10H2,1H3,(H2,22,26)(H,27,28)(H2,23,24,29). The lowest BCUT2D eigenvalue weighted by Gasteiger charge is -2.42. The molecule has 1 aliphatic heterocycles. The van der Waals surface area contributed by atoms with Crippen LogP contribution in [0.2, 0.25) is 0 Å². The molecule has 2 aliphatic rings. The number of benzene rings is 1. The van der Waals surface area contributed by atoms with Gasteiger partial charge in [0.05, 0.1) is 11.5 Å². The number of hydrogen-bond donors (Lipinski definition) is 4. The topological polar surface area (TPSA) is 125 Å². The number of rotatable bonds is 5. The van der Waals surface area contributed by atoms with Gasteiger partial charge in [0.15, 0.2) is 0 Å². The molecule has 0 spiro atoms. The average Bonchev–Trinajstić information content (AvgIpc) is 2.99. The molecule has 30 heavy (non-hydrogen) atoms. The minimum absolute atomic E-state index is 0.250. The molecule has 5 N–H and O–H groups in total. The van der Waals surface area contributed by atoms with Gasteiger partial charge in [-0.25, -0.2) is 4.79 Å². The molecule has 158 valence electrons. The molecule has 0 unspecified atom stereocenters. The maximum atomic E-state index is 12.4. The minimum atomic E-state index is -0.734. The highest BCUT2D eigenvalue weighted by Crippen LogP contribution is 2.40. The zero-order valence-corrected chi connectivity index (χ0v) is 17.4. The van der Waals surface area contributed by atoms with E-state index in [-0.39, 0.29) is 12.0 Å². The van der Waals surface area contributed by atoms with Crippen molar-refractivity contribution in [1.82, 2.24) is 4.90 Å². The number of carboxylic acids is 1. The van der Waals surface area contributed by atoms with Crippen molar-refractivity contribution in [1.29, 1.82) is 0 Å². The number of fused-ring (bicyclic) bond motifs is 1. The molecule has 2 heterocycles. The fraction of sp³-hybridized carbons (Fsp3) is 0.381. The molecule has 1 aromatic heterocycles. The van der Waals surface area contributed by atoms with Crippen LogP contribution in [-0.4, -0.2) is 40.5 Å². The maximum absolute atomic E-state index is 12.4. The summed E-state index contributed by atoms with van der Waals surface area (Å²) < 4.78 is 0. The number of primary amides is 1. The Morgan fingerprint density at radius 2 is 1.87 bits per heavy atom. The van der Waals surface area contributed by atoms with E-state index in [0.29, 0.717) is 42.1 Å². The number of urea groups is 1. The first-order valence-corrected chi connectivity index (χ1v) is 10.7. The van der Waals surface area contributed by atoms with Gasteiger partial charge < -0.3 is 16.2 Å². The van der Waals surface area contributed by atoms with Crippen molar-refractivity contribution >= 4 is 39.9 Å². The average molecular weight is 429 g/mol. The Labute approximate surface area is 178 Å². The smallest absolute Gasteiger partial charge is 0.324 e. The third-order valence-corrected chi connectivity index (χ3v) is 6.98. The summed E-state index contributed by atoms with van der Waals surface area (Å²) in [4.78, 5) is 38.9. The normalized spacial score (nSPS) is 20.7. The summed E-state index contributed by atoms with van der Waals surface area (Å²) in [7, 11) is 0. The molecule has 0 radical (unpaired) electrons. The van der Waals surface area contributed by atoms with E-state index < -0.39 is 17.9 Å². The summed E-state index contributed by atoms with van der Waals surface area (Å²) in [5, 5.41) is 15.1. The molecular weight excluding hydrogens is 404 g/mol. The third kappa shape index (κ3) is 4.03. The number of hydrogen-bond acceptors (Lipinski definition) is 5. The molecule has 4 rings (SSSR count). The monoisotopic (exact) mass is 428 g/mol.